The fraction of sp³-hybridized carbons (Fsp3) is 0.562. The summed E-state index contributed by atoms with van der Waals surface area (Å²) in [4.78, 5) is 14.7. The molecule has 3 rings (SSSR count). The average Bonchev–Trinajstić information content (AvgIpc) is 2.77. The van der Waals surface area contributed by atoms with Crippen molar-refractivity contribution in [2.75, 3.05) is 13.1 Å². The van der Waals surface area contributed by atoms with E-state index in [1.165, 1.54) is 12.8 Å². The molecule has 1 N–H and O–H groups in total. The Bertz CT molecular complexity index is 509. The maximum atomic E-state index is 12.7. The summed E-state index contributed by atoms with van der Waals surface area (Å²) in [6.07, 6.45) is 3.53. The predicted molar refractivity (Wildman–Crippen MR) is 88.3 cm³/mol. The van der Waals surface area contributed by atoms with E-state index in [4.69, 9.17) is 11.6 Å². The molecule has 1 amide bonds. The highest BCUT2D eigenvalue weighted by molar-refractivity contribution is 6.30. The summed E-state index contributed by atoms with van der Waals surface area (Å²) in [5.74, 6) is 0.104. The van der Waals surface area contributed by atoms with Crippen molar-refractivity contribution in [2.24, 2.45) is 0 Å². The SMILES string of the molecule is CC(C(=O)N1CCC2CCC(C1)N2)c1cccc(Cl)c1.Cl. The number of nitrogens with zero attached hydrogens (tertiary/aromatic N) is 1. The summed E-state index contributed by atoms with van der Waals surface area (Å²) in [6, 6.07) is 8.73. The molecular weight excluding hydrogens is 307 g/mol. The van der Waals surface area contributed by atoms with Gasteiger partial charge in [-0.2, -0.15) is 0 Å². The maximum Gasteiger partial charge on any atom is 0.229 e. The number of carbonyl (C=O) groups is 1. The Kier molecular flexibility index (Phi) is 5.53. The molecule has 116 valence electrons. The molecule has 2 aliphatic heterocycles. The molecule has 0 radical (unpaired) electrons. The Hall–Kier alpha value is -0.770. The van der Waals surface area contributed by atoms with Gasteiger partial charge in [0.25, 0.3) is 0 Å². The summed E-state index contributed by atoms with van der Waals surface area (Å²) < 4.78 is 0. The summed E-state index contributed by atoms with van der Waals surface area (Å²) >= 11 is 6.02. The second-order valence-electron chi connectivity index (χ2n) is 5.99. The van der Waals surface area contributed by atoms with E-state index in [1.807, 2.05) is 36.1 Å². The fourth-order valence-electron chi connectivity index (χ4n) is 3.34. The van der Waals surface area contributed by atoms with Crippen molar-refractivity contribution in [3.8, 4) is 0 Å². The summed E-state index contributed by atoms with van der Waals surface area (Å²) in [7, 11) is 0. The quantitative estimate of drug-likeness (QED) is 0.904. The Balaban J connectivity index is 0.00000161. The Labute approximate surface area is 137 Å². The van der Waals surface area contributed by atoms with Gasteiger partial charge in [-0.3, -0.25) is 4.79 Å². The first-order valence-corrected chi connectivity index (χ1v) is 7.81. The van der Waals surface area contributed by atoms with E-state index in [9.17, 15) is 4.79 Å². The minimum Gasteiger partial charge on any atom is -0.341 e. The monoisotopic (exact) mass is 328 g/mol. The molecule has 0 aromatic heterocycles. The van der Waals surface area contributed by atoms with Crippen molar-refractivity contribution >= 4 is 29.9 Å². The lowest BCUT2D eigenvalue weighted by Gasteiger charge is -2.27. The van der Waals surface area contributed by atoms with Gasteiger partial charge >= 0.3 is 0 Å². The Morgan fingerprint density at radius 1 is 1.33 bits per heavy atom. The van der Waals surface area contributed by atoms with Crippen molar-refractivity contribution in [2.45, 2.75) is 44.2 Å². The predicted octanol–water partition coefficient (Wildman–Crippen LogP) is 3.22. The van der Waals surface area contributed by atoms with Gasteiger partial charge in [-0.05, 0) is 43.9 Å². The normalized spacial score (nSPS) is 25.9. The minimum atomic E-state index is -0.120. The van der Waals surface area contributed by atoms with E-state index in [0.717, 1.165) is 25.1 Å². The highest BCUT2D eigenvalue weighted by atomic mass is 35.5. The highest BCUT2D eigenvalue weighted by Gasteiger charge is 2.32. The number of benzene rings is 1. The van der Waals surface area contributed by atoms with Gasteiger partial charge in [0.05, 0.1) is 5.92 Å². The second-order valence-corrected chi connectivity index (χ2v) is 6.42. The summed E-state index contributed by atoms with van der Waals surface area (Å²) in [5.41, 5.74) is 1.00. The first-order chi connectivity index (χ1) is 9.63. The first-order valence-electron chi connectivity index (χ1n) is 7.44. The van der Waals surface area contributed by atoms with Gasteiger partial charge in [-0.25, -0.2) is 0 Å². The molecule has 0 spiro atoms. The molecule has 2 aliphatic rings. The van der Waals surface area contributed by atoms with Gasteiger partial charge in [0.1, 0.15) is 0 Å². The van der Waals surface area contributed by atoms with Crippen LogP contribution in [-0.2, 0) is 4.79 Å². The standard InChI is InChI=1S/C16H21ClN2O.ClH/c1-11(12-3-2-4-13(17)9-12)16(20)19-8-7-14-5-6-15(10-19)18-14;/h2-4,9,11,14-15,18H,5-8,10H2,1H3;1H. The van der Waals surface area contributed by atoms with E-state index in [0.29, 0.717) is 17.1 Å². The topological polar surface area (TPSA) is 32.3 Å². The number of hydrogen-bond acceptors (Lipinski definition) is 2. The minimum absolute atomic E-state index is 0. The van der Waals surface area contributed by atoms with Crippen LogP contribution in [0.25, 0.3) is 0 Å². The van der Waals surface area contributed by atoms with E-state index in [-0.39, 0.29) is 24.2 Å². The van der Waals surface area contributed by atoms with Crippen molar-refractivity contribution in [1.82, 2.24) is 10.2 Å². The van der Waals surface area contributed by atoms with E-state index < -0.39 is 0 Å². The van der Waals surface area contributed by atoms with Crippen molar-refractivity contribution in [3.63, 3.8) is 0 Å². The molecule has 1 aromatic carbocycles. The van der Waals surface area contributed by atoms with Crippen LogP contribution in [0, 0.1) is 0 Å². The maximum absolute atomic E-state index is 12.7. The first kappa shape index (κ1) is 16.6. The van der Waals surface area contributed by atoms with Gasteiger partial charge in [0.15, 0.2) is 0 Å². The zero-order valence-electron chi connectivity index (χ0n) is 12.2. The Morgan fingerprint density at radius 3 is 2.86 bits per heavy atom. The molecule has 2 saturated heterocycles. The van der Waals surface area contributed by atoms with Crippen LogP contribution in [0.15, 0.2) is 24.3 Å². The molecule has 0 aliphatic carbocycles. The van der Waals surface area contributed by atoms with Crippen LogP contribution < -0.4 is 5.32 Å². The molecular formula is C16H22Cl2N2O. The zero-order chi connectivity index (χ0) is 14.1. The van der Waals surface area contributed by atoms with Crippen molar-refractivity contribution < 1.29 is 4.79 Å². The number of fused-ring (bicyclic) bond motifs is 2. The number of halogens is 2. The van der Waals surface area contributed by atoms with Crippen LogP contribution in [0.1, 0.15) is 37.7 Å². The van der Waals surface area contributed by atoms with Crippen molar-refractivity contribution in [3.05, 3.63) is 34.9 Å². The van der Waals surface area contributed by atoms with Gasteiger partial charge in [0.2, 0.25) is 5.91 Å². The number of nitrogens with one attached hydrogen (secondary N) is 1. The number of rotatable bonds is 2. The average molecular weight is 329 g/mol. The summed E-state index contributed by atoms with van der Waals surface area (Å²) in [6.45, 7) is 3.70. The number of hydrogen-bond donors (Lipinski definition) is 1. The lowest BCUT2D eigenvalue weighted by Crippen LogP contribution is -2.40. The van der Waals surface area contributed by atoms with Crippen LogP contribution >= 0.6 is 24.0 Å². The third-order valence-corrected chi connectivity index (χ3v) is 4.79. The molecule has 2 bridgehead atoms. The molecule has 3 nitrogen and oxygen atoms in total. The van der Waals surface area contributed by atoms with Crippen LogP contribution in [0.2, 0.25) is 5.02 Å². The van der Waals surface area contributed by atoms with Crippen LogP contribution in [-0.4, -0.2) is 36.0 Å². The lowest BCUT2D eigenvalue weighted by atomic mass is 9.98. The van der Waals surface area contributed by atoms with Crippen molar-refractivity contribution in [1.29, 1.82) is 0 Å². The lowest BCUT2D eigenvalue weighted by molar-refractivity contribution is -0.132. The third-order valence-electron chi connectivity index (χ3n) is 4.55. The molecule has 2 fully saturated rings. The molecule has 5 heteroatoms. The molecule has 1 aromatic rings. The van der Waals surface area contributed by atoms with E-state index in [2.05, 4.69) is 5.32 Å². The highest BCUT2D eigenvalue weighted by Crippen LogP contribution is 2.25. The molecule has 21 heavy (non-hydrogen) atoms. The van der Waals surface area contributed by atoms with E-state index in [1.54, 1.807) is 0 Å². The molecule has 0 saturated carbocycles. The molecule has 3 atom stereocenters. The van der Waals surface area contributed by atoms with Crippen LogP contribution in [0.3, 0.4) is 0 Å². The number of carbonyl (C=O) groups excluding carboxylic acids is 1. The van der Waals surface area contributed by atoms with Gasteiger partial charge < -0.3 is 10.2 Å². The smallest absolute Gasteiger partial charge is 0.229 e. The number of amides is 1. The zero-order valence-corrected chi connectivity index (χ0v) is 13.8. The fourth-order valence-corrected chi connectivity index (χ4v) is 3.53. The second kappa shape index (κ2) is 6.99. The summed E-state index contributed by atoms with van der Waals surface area (Å²) in [5, 5.41) is 4.30. The van der Waals surface area contributed by atoms with Gasteiger partial charge in [-0.15, -0.1) is 12.4 Å². The number of likely N-dealkylation sites (tertiary alicyclic amines) is 1. The molecule has 3 unspecified atom stereocenters. The van der Waals surface area contributed by atoms with Crippen LogP contribution in [0.5, 0.6) is 0 Å². The largest absolute Gasteiger partial charge is 0.341 e. The Morgan fingerprint density at radius 2 is 2.10 bits per heavy atom. The third kappa shape index (κ3) is 3.71. The van der Waals surface area contributed by atoms with Gasteiger partial charge in [-0.1, -0.05) is 23.7 Å². The van der Waals surface area contributed by atoms with Crippen LogP contribution in [0.4, 0.5) is 0 Å². The van der Waals surface area contributed by atoms with Gasteiger partial charge in [0, 0.05) is 30.2 Å². The molecule has 2 heterocycles. The van der Waals surface area contributed by atoms with E-state index >= 15 is 0 Å².